The second-order valence-electron chi connectivity index (χ2n) is 16.3. The van der Waals surface area contributed by atoms with Crippen LogP contribution in [-0.2, 0) is 0 Å². The highest BCUT2D eigenvalue weighted by molar-refractivity contribution is 5.82. The summed E-state index contributed by atoms with van der Waals surface area (Å²) < 4.78 is 0. The first-order valence-corrected chi connectivity index (χ1v) is 21.0. The van der Waals surface area contributed by atoms with Gasteiger partial charge in [0.1, 0.15) is 0 Å². The molecule has 0 spiro atoms. The van der Waals surface area contributed by atoms with Gasteiger partial charge in [-0.25, -0.2) is 0 Å². The van der Waals surface area contributed by atoms with Gasteiger partial charge in [-0.15, -0.1) is 0 Å². The van der Waals surface area contributed by atoms with Gasteiger partial charge < -0.3 is 9.80 Å². The summed E-state index contributed by atoms with van der Waals surface area (Å²) in [6.07, 6.45) is 12.9. The number of fused-ring (bicyclic) bond motifs is 1. The zero-order valence-corrected chi connectivity index (χ0v) is 33.8. The van der Waals surface area contributed by atoms with Crippen LogP contribution in [0.25, 0.3) is 27.8 Å². The topological polar surface area (TPSA) is 6.48 Å². The van der Waals surface area contributed by atoms with Crippen molar-refractivity contribution in [1.82, 2.24) is 0 Å². The van der Waals surface area contributed by atoms with Crippen LogP contribution in [0.1, 0.15) is 36.0 Å². The highest BCUT2D eigenvalue weighted by Crippen LogP contribution is 2.57. The molecule has 0 heterocycles. The standard InChI is InChI=1S/C57H48N2/c1-40-11-9-17-52(37-40)58(48-27-19-44(20-28-48)42-13-5-3-6-14-42)50-31-23-46(24-32-50)54-35-36-55(57-39-56(54)57)47-25-33-51(34-26-47)59(53-18-10-12-41(2)38-53)49-29-21-45(22-30-49)43-15-7-4-8-16-43/h3-25,27-33,35-38,56-57H,26,34,39H2,1-2H3/t56-,57?/m1/s1. The van der Waals surface area contributed by atoms with Gasteiger partial charge in [-0.05, 0) is 167 Å². The van der Waals surface area contributed by atoms with Gasteiger partial charge in [0.15, 0.2) is 0 Å². The van der Waals surface area contributed by atoms with Crippen LogP contribution in [0.3, 0.4) is 0 Å². The van der Waals surface area contributed by atoms with Gasteiger partial charge in [-0.2, -0.15) is 0 Å². The monoisotopic (exact) mass is 760 g/mol. The van der Waals surface area contributed by atoms with E-state index in [1.807, 2.05) is 0 Å². The minimum atomic E-state index is 0.581. The molecular formula is C57H48N2. The van der Waals surface area contributed by atoms with Crippen LogP contribution >= 0.6 is 0 Å². The lowest BCUT2D eigenvalue weighted by Crippen LogP contribution is -2.18. The van der Waals surface area contributed by atoms with Crippen molar-refractivity contribution in [3.05, 3.63) is 240 Å². The molecule has 0 aromatic heterocycles. The SMILES string of the molecule is Cc1cccc(N(C2=CC=C(C3=CC=C(c4ccc(N(c5ccc(-c6ccccc6)cc5)c5cccc(C)c5)cc4)[C@H]4CC34)CC2)c2ccc(-c3ccccc3)cc2)c1. The molecule has 0 amide bonds. The zero-order chi connectivity index (χ0) is 39.7. The summed E-state index contributed by atoms with van der Waals surface area (Å²) in [6.45, 7) is 4.34. The maximum atomic E-state index is 2.45. The van der Waals surface area contributed by atoms with Crippen molar-refractivity contribution >= 4 is 34.0 Å². The van der Waals surface area contributed by atoms with Gasteiger partial charge in [-0.3, -0.25) is 0 Å². The maximum Gasteiger partial charge on any atom is 0.0464 e. The number of allylic oxidation sites excluding steroid dienone is 8. The second kappa shape index (κ2) is 15.8. The molecule has 10 rings (SSSR count). The quantitative estimate of drug-likeness (QED) is 0.137. The van der Waals surface area contributed by atoms with Gasteiger partial charge >= 0.3 is 0 Å². The molecule has 2 atom stereocenters. The first-order valence-electron chi connectivity index (χ1n) is 21.0. The number of hydrogen-bond acceptors (Lipinski definition) is 2. The number of benzene rings is 7. The molecule has 7 aromatic carbocycles. The minimum absolute atomic E-state index is 0.581. The van der Waals surface area contributed by atoms with Crippen LogP contribution in [0.4, 0.5) is 28.4 Å². The molecule has 1 unspecified atom stereocenters. The lowest BCUT2D eigenvalue weighted by atomic mass is 9.86. The maximum absolute atomic E-state index is 2.45. The van der Waals surface area contributed by atoms with E-state index in [-0.39, 0.29) is 0 Å². The Kier molecular flexibility index (Phi) is 9.76. The summed E-state index contributed by atoms with van der Waals surface area (Å²) in [6, 6.07) is 66.1. The first-order chi connectivity index (χ1) is 29.1. The van der Waals surface area contributed by atoms with E-state index in [0.29, 0.717) is 11.8 Å². The number of aryl methyl sites for hydroxylation is 2. The van der Waals surface area contributed by atoms with E-state index >= 15 is 0 Å². The van der Waals surface area contributed by atoms with Gasteiger partial charge in [0, 0.05) is 34.1 Å². The summed E-state index contributed by atoms with van der Waals surface area (Å²) in [5.41, 5.74) is 20.5. The second-order valence-corrected chi connectivity index (χ2v) is 16.3. The fraction of sp³-hybridized carbons (Fsp3) is 0.123. The molecule has 0 N–H and O–H groups in total. The van der Waals surface area contributed by atoms with Crippen molar-refractivity contribution in [2.75, 3.05) is 9.80 Å². The Bertz CT molecular complexity index is 2730. The lowest BCUT2D eigenvalue weighted by molar-refractivity contribution is 0.836. The molecule has 286 valence electrons. The number of rotatable bonds is 10. The molecule has 1 fully saturated rings. The number of anilines is 5. The van der Waals surface area contributed by atoms with Crippen molar-refractivity contribution in [2.45, 2.75) is 33.1 Å². The van der Waals surface area contributed by atoms with E-state index < -0.39 is 0 Å². The molecule has 59 heavy (non-hydrogen) atoms. The van der Waals surface area contributed by atoms with E-state index in [2.05, 4.69) is 230 Å². The van der Waals surface area contributed by atoms with Crippen LogP contribution in [0.5, 0.6) is 0 Å². The summed E-state index contributed by atoms with van der Waals surface area (Å²) in [5, 5.41) is 0. The Morgan fingerprint density at radius 3 is 1.32 bits per heavy atom. The van der Waals surface area contributed by atoms with Crippen LogP contribution < -0.4 is 9.80 Å². The summed E-state index contributed by atoms with van der Waals surface area (Å²) in [7, 11) is 0. The first kappa shape index (κ1) is 36.4. The number of hydrogen-bond donors (Lipinski definition) is 0. The van der Waals surface area contributed by atoms with E-state index in [0.717, 1.165) is 29.9 Å². The third-order valence-corrected chi connectivity index (χ3v) is 12.3. The van der Waals surface area contributed by atoms with Crippen LogP contribution in [-0.4, -0.2) is 0 Å². The Morgan fingerprint density at radius 2 is 0.814 bits per heavy atom. The average molecular weight is 761 g/mol. The van der Waals surface area contributed by atoms with Crippen molar-refractivity contribution in [3.8, 4) is 22.3 Å². The van der Waals surface area contributed by atoms with Crippen molar-refractivity contribution in [2.24, 2.45) is 11.8 Å². The Morgan fingerprint density at radius 1 is 0.356 bits per heavy atom. The molecule has 1 saturated carbocycles. The van der Waals surface area contributed by atoms with E-state index in [9.17, 15) is 0 Å². The minimum Gasteiger partial charge on any atom is -0.314 e. The fourth-order valence-corrected chi connectivity index (χ4v) is 9.15. The summed E-state index contributed by atoms with van der Waals surface area (Å²) in [5.74, 6) is 1.18. The van der Waals surface area contributed by atoms with E-state index in [1.165, 1.54) is 79.2 Å². The van der Waals surface area contributed by atoms with Gasteiger partial charge in [-0.1, -0.05) is 140 Å². The molecule has 0 radical (unpaired) electrons. The normalized spacial score (nSPS) is 16.8. The van der Waals surface area contributed by atoms with Crippen molar-refractivity contribution in [1.29, 1.82) is 0 Å². The molecule has 0 saturated heterocycles. The van der Waals surface area contributed by atoms with Gasteiger partial charge in [0.25, 0.3) is 0 Å². The van der Waals surface area contributed by atoms with Crippen molar-refractivity contribution in [3.63, 3.8) is 0 Å². The predicted molar refractivity (Wildman–Crippen MR) is 250 cm³/mol. The van der Waals surface area contributed by atoms with Crippen LogP contribution in [0.2, 0.25) is 0 Å². The summed E-state index contributed by atoms with van der Waals surface area (Å²) in [4.78, 5) is 4.82. The molecule has 0 aliphatic heterocycles. The fourth-order valence-electron chi connectivity index (χ4n) is 9.15. The Hall–Kier alpha value is -6.90. The van der Waals surface area contributed by atoms with Crippen molar-refractivity contribution < 1.29 is 0 Å². The molecule has 7 aromatic rings. The Labute approximate surface area is 349 Å². The molecule has 2 heteroatoms. The highest BCUT2D eigenvalue weighted by Gasteiger charge is 2.45. The number of nitrogens with zero attached hydrogens (tertiary/aromatic N) is 2. The Balaban J connectivity index is 0.907. The molecular weight excluding hydrogens is 713 g/mol. The van der Waals surface area contributed by atoms with E-state index in [4.69, 9.17) is 0 Å². The smallest absolute Gasteiger partial charge is 0.0464 e. The van der Waals surface area contributed by atoms with Crippen LogP contribution in [0.15, 0.2) is 223 Å². The summed E-state index contributed by atoms with van der Waals surface area (Å²) >= 11 is 0. The lowest BCUT2D eigenvalue weighted by Gasteiger charge is -2.31. The molecule has 3 aliphatic carbocycles. The third kappa shape index (κ3) is 7.51. The average Bonchev–Trinajstić information content (AvgIpc) is 4.10. The van der Waals surface area contributed by atoms with Gasteiger partial charge in [0.05, 0.1) is 0 Å². The molecule has 3 aliphatic rings. The van der Waals surface area contributed by atoms with Crippen LogP contribution in [0, 0.1) is 25.7 Å². The predicted octanol–water partition coefficient (Wildman–Crippen LogP) is 15.5. The zero-order valence-electron chi connectivity index (χ0n) is 33.8. The van der Waals surface area contributed by atoms with E-state index in [1.54, 1.807) is 0 Å². The third-order valence-electron chi connectivity index (χ3n) is 12.3. The molecule has 2 nitrogen and oxygen atoms in total. The largest absolute Gasteiger partial charge is 0.314 e. The molecule has 0 bridgehead atoms. The van der Waals surface area contributed by atoms with Gasteiger partial charge in [0.2, 0.25) is 0 Å². The highest BCUT2D eigenvalue weighted by atomic mass is 15.2.